The largest absolute Gasteiger partial charge is 0.350 e. The van der Waals surface area contributed by atoms with Crippen molar-refractivity contribution in [2.24, 2.45) is 0 Å². The van der Waals surface area contributed by atoms with Gasteiger partial charge in [-0.2, -0.15) is 0 Å². The summed E-state index contributed by atoms with van der Waals surface area (Å²) in [6.45, 7) is 1.99. The van der Waals surface area contributed by atoms with E-state index in [0.29, 0.717) is 12.3 Å². The van der Waals surface area contributed by atoms with E-state index in [2.05, 4.69) is 21.2 Å². The first-order valence-electron chi connectivity index (χ1n) is 5.74. The summed E-state index contributed by atoms with van der Waals surface area (Å²) in [5.74, 6) is 0.705. The molecule has 17 heavy (non-hydrogen) atoms. The Kier molecular flexibility index (Phi) is 6.60. The van der Waals surface area contributed by atoms with Crippen LogP contribution in [0, 0.1) is 0 Å². The number of carbonyl (C=O) groups is 1. The minimum Gasteiger partial charge on any atom is -0.350 e. The van der Waals surface area contributed by atoms with Gasteiger partial charge in [0.05, 0.1) is 6.04 Å². The van der Waals surface area contributed by atoms with E-state index in [0.717, 1.165) is 22.9 Å². The predicted molar refractivity (Wildman–Crippen MR) is 75.3 cm³/mol. The van der Waals surface area contributed by atoms with Gasteiger partial charge >= 0.3 is 0 Å². The number of benzene rings is 1. The second kappa shape index (κ2) is 7.72. The number of hydrogen-bond donors (Lipinski definition) is 1. The Balaban J connectivity index is 2.43. The van der Waals surface area contributed by atoms with Crippen molar-refractivity contribution in [2.75, 3.05) is 5.88 Å². The molecule has 0 aromatic heterocycles. The molecule has 0 bridgehead atoms. The number of halogens is 2. The van der Waals surface area contributed by atoms with Crippen LogP contribution in [-0.4, -0.2) is 11.8 Å². The number of nitrogens with one attached hydrogen (secondary N) is 1. The van der Waals surface area contributed by atoms with E-state index in [1.807, 2.05) is 31.2 Å². The molecule has 0 fully saturated rings. The molecule has 1 N–H and O–H groups in total. The third kappa shape index (κ3) is 5.55. The summed E-state index contributed by atoms with van der Waals surface area (Å²) in [7, 11) is 0. The molecule has 1 amide bonds. The van der Waals surface area contributed by atoms with E-state index in [4.69, 9.17) is 11.6 Å². The van der Waals surface area contributed by atoms with E-state index in [1.165, 1.54) is 0 Å². The maximum Gasteiger partial charge on any atom is 0.220 e. The van der Waals surface area contributed by atoms with Crippen LogP contribution in [0.25, 0.3) is 0 Å². The number of alkyl halides is 1. The summed E-state index contributed by atoms with van der Waals surface area (Å²) >= 11 is 8.99. The van der Waals surface area contributed by atoms with Gasteiger partial charge in [0, 0.05) is 16.8 Å². The number of amides is 1. The van der Waals surface area contributed by atoms with E-state index in [-0.39, 0.29) is 11.9 Å². The highest BCUT2D eigenvalue weighted by Gasteiger charge is 2.09. The van der Waals surface area contributed by atoms with Crippen LogP contribution in [0.4, 0.5) is 0 Å². The fourth-order valence-electron chi connectivity index (χ4n) is 1.55. The highest BCUT2D eigenvalue weighted by molar-refractivity contribution is 9.10. The van der Waals surface area contributed by atoms with Crippen LogP contribution >= 0.6 is 27.5 Å². The Labute approximate surface area is 116 Å². The van der Waals surface area contributed by atoms with Crippen molar-refractivity contribution in [1.82, 2.24) is 5.32 Å². The predicted octanol–water partition coefficient (Wildman–Crippen LogP) is 4.04. The fraction of sp³-hybridized carbons (Fsp3) is 0.462. The van der Waals surface area contributed by atoms with Gasteiger partial charge in [-0.25, -0.2) is 0 Å². The van der Waals surface area contributed by atoms with Crippen molar-refractivity contribution in [3.63, 3.8) is 0 Å². The van der Waals surface area contributed by atoms with E-state index >= 15 is 0 Å². The summed E-state index contributed by atoms with van der Waals surface area (Å²) in [4.78, 5) is 11.6. The summed E-state index contributed by atoms with van der Waals surface area (Å²) in [5, 5.41) is 2.98. The van der Waals surface area contributed by atoms with E-state index < -0.39 is 0 Å². The Morgan fingerprint density at radius 1 is 1.47 bits per heavy atom. The smallest absolute Gasteiger partial charge is 0.220 e. The first-order chi connectivity index (χ1) is 8.13. The molecule has 0 radical (unpaired) electrons. The quantitative estimate of drug-likeness (QED) is 0.622. The lowest BCUT2D eigenvalue weighted by Crippen LogP contribution is -2.26. The van der Waals surface area contributed by atoms with Crippen LogP contribution in [0.15, 0.2) is 28.7 Å². The van der Waals surface area contributed by atoms with Crippen LogP contribution in [0.3, 0.4) is 0 Å². The summed E-state index contributed by atoms with van der Waals surface area (Å²) in [6, 6.07) is 8.00. The molecular formula is C13H17BrClNO. The zero-order chi connectivity index (χ0) is 12.7. The molecule has 0 aliphatic heterocycles. The normalized spacial score (nSPS) is 12.2. The molecule has 1 aromatic rings. The van der Waals surface area contributed by atoms with E-state index in [9.17, 15) is 4.79 Å². The maximum absolute atomic E-state index is 11.6. The van der Waals surface area contributed by atoms with Gasteiger partial charge in [-0.1, -0.05) is 28.1 Å². The van der Waals surface area contributed by atoms with Gasteiger partial charge in [-0.3, -0.25) is 4.79 Å². The maximum atomic E-state index is 11.6. The summed E-state index contributed by atoms with van der Waals surface area (Å²) in [6.07, 6.45) is 2.28. The van der Waals surface area contributed by atoms with Crippen LogP contribution in [0.2, 0.25) is 0 Å². The molecule has 0 saturated heterocycles. The van der Waals surface area contributed by atoms with Gasteiger partial charge in [-0.15, -0.1) is 11.6 Å². The highest BCUT2D eigenvalue weighted by Crippen LogP contribution is 2.17. The molecule has 0 unspecified atom stereocenters. The zero-order valence-corrected chi connectivity index (χ0v) is 12.2. The standard InChI is InChI=1S/C13H17BrClNO/c1-10(11-5-4-6-12(14)9-11)16-13(17)7-2-3-8-15/h4-6,9-10H,2-3,7-8H2,1H3,(H,16,17)/t10-/m1/s1. The van der Waals surface area contributed by atoms with Crippen molar-refractivity contribution in [3.8, 4) is 0 Å². The lowest BCUT2D eigenvalue weighted by molar-refractivity contribution is -0.121. The van der Waals surface area contributed by atoms with Crippen molar-refractivity contribution in [3.05, 3.63) is 34.3 Å². The summed E-state index contributed by atoms with van der Waals surface area (Å²) in [5.41, 5.74) is 1.10. The SMILES string of the molecule is C[C@@H](NC(=O)CCCCCl)c1cccc(Br)c1. The van der Waals surface area contributed by atoms with Crippen molar-refractivity contribution in [1.29, 1.82) is 0 Å². The highest BCUT2D eigenvalue weighted by atomic mass is 79.9. The zero-order valence-electron chi connectivity index (χ0n) is 9.88. The van der Waals surface area contributed by atoms with Gasteiger partial charge in [-0.05, 0) is 37.5 Å². The molecule has 1 rings (SSSR count). The van der Waals surface area contributed by atoms with Gasteiger partial charge in [0.25, 0.3) is 0 Å². The van der Waals surface area contributed by atoms with Gasteiger partial charge in [0.15, 0.2) is 0 Å². The second-order valence-corrected chi connectivity index (χ2v) is 5.28. The van der Waals surface area contributed by atoms with Gasteiger partial charge in [0.2, 0.25) is 5.91 Å². The first kappa shape index (κ1) is 14.5. The van der Waals surface area contributed by atoms with Crippen LogP contribution < -0.4 is 5.32 Å². The lowest BCUT2D eigenvalue weighted by Gasteiger charge is -2.14. The van der Waals surface area contributed by atoms with Crippen LogP contribution in [0.5, 0.6) is 0 Å². The number of unbranched alkanes of at least 4 members (excludes halogenated alkanes) is 1. The molecule has 1 atom stereocenters. The molecule has 0 aliphatic carbocycles. The third-order valence-electron chi connectivity index (χ3n) is 2.51. The van der Waals surface area contributed by atoms with Crippen LogP contribution in [-0.2, 0) is 4.79 Å². The lowest BCUT2D eigenvalue weighted by atomic mass is 10.1. The van der Waals surface area contributed by atoms with Gasteiger partial charge in [0.1, 0.15) is 0 Å². The number of hydrogen-bond acceptors (Lipinski definition) is 1. The molecule has 2 nitrogen and oxygen atoms in total. The Morgan fingerprint density at radius 2 is 2.24 bits per heavy atom. The monoisotopic (exact) mass is 317 g/mol. The number of carbonyl (C=O) groups excluding carboxylic acids is 1. The van der Waals surface area contributed by atoms with Gasteiger partial charge < -0.3 is 5.32 Å². The van der Waals surface area contributed by atoms with Crippen LogP contribution in [0.1, 0.15) is 37.8 Å². The Morgan fingerprint density at radius 3 is 2.88 bits per heavy atom. The molecule has 1 aromatic carbocycles. The molecule has 0 aliphatic rings. The van der Waals surface area contributed by atoms with Crippen molar-refractivity contribution >= 4 is 33.4 Å². The Hall–Kier alpha value is -0.540. The fourth-order valence-corrected chi connectivity index (χ4v) is 2.16. The van der Waals surface area contributed by atoms with Crippen molar-refractivity contribution < 1.29 is 4.79 Å². The minimum absolute atomic E-state index is 0.0380. The first-order valence-corrected chi connectivity index (χ1v) is 7.07. The average molecular weight is 319 g/mol. The topological polar surface area (TPSA) is 29.1 Å². The number of rotatable bonds is 6. The minimum atomic E-state index is 0.0380. The average Bonchev–Trinajstić information content (AvgIpc) is 2.29. The molecule has 0 spiro atoms. The molecule has 94 valence electrons. The molecule has 0 heterocycles. The third-order valence-corrected chi connectivity index (χ3v) is 3.27. The van der Waals surface area contributed by atoms with Crippen molar-refractivity contribution in [2.45, 2.75) is 32.2 Å². The second-order valence-electron chi connectivity index (χ2n) is 3.99. The summed E-state index contributed by atoms with van der Waals surface area (Å²) < 4.78 is 1.03. The molecule has 4 heteroatoms. The Bertz CT molecular complexity index is 370. The molecular weight excluding hydrogens is 302 g/mol. The van der Waals surface area contributed by atoms with E-state index in [1.54, 1.807) is 0 Å². The molecule has 0 saturated carbocycles.